The number of carboxylic acid groups (broad SMARTS) is 1. The van der Waals surface area contributed by atoms with Crippen molar-refractivity contribution in [1.82, 2.24) is 0 Å². The minimum Gasteiger partial charge on any atom is -0.481 e. The van der Waals surface area contributed by atoms with E-state index in [4.69, 9.17) is 5.11 Å². The van der Waals surface area contributed by atoms with E-state index in [0.717, 1.165) is 0 Å². The zero-order valence-corrected chi connectivity index (χ0v) is 16.1. The first kappa shape index (κ1) is 21.1. The molecule has 0 radical (unpaired) electrons. The normalized spacial score (nSPS) is 16.0. The lowest BCUT2D eigenvalue weighted by molar-refractivity contribution is -0.419. The third kappa shape index (κ3) is 5.64. The highest BCUT2D eigenvalue weighted by atomic mass is 16.4. The van der Waals surface area contributed by atoms with Gasteiger partial charge in [0.2, 0.25) is 11.5 Å². The van der Waals surface area contributed by atoms with Gasteiger partial charge in [0, 0.05) is 12.0 Å². The van der Waals surface area contributed by atoms with Gasteiger partial charge >= 0.3 is 11.8 Å². The molecular formula is C21H23N2O5+. The average Bonchev–Trinajstić information content (AvgIpc) is 2.60. The molecule has 0 amide bonds. The molecule has 0 saturated carbocycles. The Bertz CT molecular complexity index is 902. The summed E-state index contributed by atoms with van der Waals surface area (Å²) in [5.41, 5.74) is 1.11. The van der Waals surface area contributed by atoms with Crippen molar-refractivity contribution in [2.24, 2.45) is 10.4 Å². The number of carbonyl (C=O) groups excluding carboxylic acids is 2. The number of amidine groups is 1. The number of rotatable bonds is 3. The summed E-state index contributed by atoms with van der Waals surface area (Å²) in [7, 11) is 0. The molecule has 1 aromatic rings. The second kappa shape index (κ2) is 8.65. The van der Waals surface area contributed by atoms with Crippen LogP contribution in [0.5, 0.6) is 0 Å². The molecule has 0 saturated heterocycles. The van der Waals surface area contributed by atoms with E-state index >= 15 is 0 Å². The van der Waals surface area contributed by atoms with Crippen molar-refractivity contribution in [3.05, 3.63) is 64.2 Å². The standard InChI is InChI=1S/C15H11N2O3.C6H12O2/c18-12-8-4-7-11-9-17(20)15(16-13(11)12)14(19)10-5-2-1-3-6-10;1-6(2,3)4-5(7)8/h1-7H,8-9H2;4H2,1-3H3,(H,7,8)/q+1;. The molecule has 0 aromatic heterocycles. The van der Waals surface area contributed by atoms with Crippen molar-refractivity contribution in [3.63, 3.8) is 0 Å². The number of nitroso groups, excluding NO2 is 1. The number of aliphatic imine (C=N–C) groups is 1. The highest BCUT2D eigenvalue weighted by Gasteiger charge is 2.38. The maximum atomic E-state index is 12.3. The predicted molar refractivity (Wildman–Crippen MR) is 104 cm³/mol. The van der Waals surface area contributed by atoms with E-state index in [1.807, 2.05) is 20.8 Å². The van der Waals surface area contributed by atoms with E-state index in [2.05, 4.69) is 4.99 Å². The fourth-order valence-electron chi connectivity index (χ4n) is 2.65. The van der Waals surface area contributed by atoms with Crippen LogP contribution in [-0.4, -0.2) is 39.8 Å². The van der Waals surface area contributed by atoms with Gasteiger partial charge in [-0.1, -0.05) is 68.2 Å². The van der Waals surface area contributed by atoms with Gasteiger partial charge in [-0.05, 0) is 15.2 Å². The maximum Gasteiger partial charge on any atom is 0.410 e. The summed E-state index contributed by atoms with van der Waals surface area (Å²) in [6.45, 7) is 5.69. The van der Waals surface area contributed by atoms with Gasteiger partial charge in [0.15, 0.2) is 6.54 Å². The van der Waals surface area contributed by atoms with Crippen molar-refractivity contribution in [1.29, 1.82) is 0 Å². The summed E-state index contributed by atoms with van der Waals surface area (Å²) in [5, 5.41) is 8.25. The fourth-order valence-corrected chi connectivity index (χ4v) is 2.65. The van der Waals surface area contributed by atoms with Crippen LogP contribution >= 0.6 is 0 Å². The summed E-state index contributed by atoms with van der Waals surface area (Å²) in [6, 6.07) is 8.44. The molecule has 1 heterocycles. The van der Waals surface area contributed by atoms with Gasteiger partial charge in [0.1, 0.15) is 0 Å². The molecule has 0 atom stereocenters. The van der Waals surface area contributed by atoms with Crippen molar-refractivity contribution >= 4 is 23.4 Å². The lowest BCUT2D eigenvalue weighted by Crippen LogP contribution is -2.33. The number of benzene rings is 1. The number of allylic oxidation sites excluding steroid dienone is 2. The van der Waals surface area contributed by atoms with Gasteiger partial charge < -0.3 is 5.11 Å². The minimum atomic E-state index is -0.725. The smallest absolute Gasteiger partial charge is 0.410 e. The van der Waals surface area contributed by atoms with E-state index in [9.17, 15) is 19.3 Å². The average molecular weight is 383 g/mol. The van der Waals surface area contributed by atoms with Gasteiger partial charge in [0.05, 0.1) is 12.0 Å². The summed E-state index contributed by atoms with van der Waals surface area (Å²) >= 11 is 0. The SMILES string of the molecule is CC(C)(C)CC(=O)O.O=C1CC=CC2=C1N=C(C(=O)c1ccccc1)[N+](=O)C2. The van der Waals surface area contributed by atoms with E-state index in [-0.39, 0.29) is 42.1 Å². The Balaban J connectivity index is 0.000000300. The molecule has 2 aliphatic rings. The maximum absolute atomic E-state index is 12.3. The number of hydrogen-bond donors (Lipinski definition) is 1. The molecule has 1 aliphatic carbocycles. The Morgan fingerprint density at radius 1 is 1.18 bits per heavy atom. The second-order valence-corrected chi connectivity index (χ2v) is 7.70. The molecule has 7 heteroatoms. The number of ketones is 2. The van der Waals surface area contributed by atoms with Gasteiger partial charge in [-0.25, -0.2) is 0 Å². The van der Waals surface area contributed by atoms with Crippen LogP contribution in [0.3, 0.4) is 0 Å². The third-order valence-electron chi connectivity index (χ3n) is 3.88. The topological polar surface area (TPSA) is 104 Å². The quantitative estimate of drug-likeness (QED) is 0.637. The summed E-state index contributed by atoms with van der Waals surface area (Å²) in [4.78, 5) is 50.0. The van der Waals surface area contributed by atoms with Crippen molar-refractivity contribution in [2.45, 2.75) is 33.6 Å². The molecule has 3 rings (SSSR count). The molecule has 0 bridgehead atoms. The Hall–Kier alpha value is -3.22. The highest BCUT2D eigenvalue weighted by Crippen LogP contribution is 2.22. The summed E-state index contributed by atoms with van der Waals surface area (Å²) in [6.07, 6.45) is 3.92. The molecule has 28 heavy (non-hydrogen) atoms. The van der Waals surface area contributed by atoms with Crippen LogP contribution < -0.4 is 0 Å². The van der Waals surface area contributed by atoms with E-state index in [1.54, 1.807) is 42.5 Å². The first-order valence-corrected chi connectivity index (χ1v) is 8.86. The van der Waals surface area contributed by atoms with E-state index in [0.29, 0.717) is 15.9 Å². The van der Waals surface area contributed by atoms with Crippen molar-refractivity contribution in [2.75, 3.05) is 6.54 Å². The molecule has 0 unspecified atom stereocenters. The Kier molecular flexibility index (Phi) is 6.51. The van der Waals surface area contributed by atoms with Crippen molar-refractivity contribution < 1.29 is 24.3 Å². The van der Waals surface area contributed by atoms with Crippen LogP contribution in [-0.2, 0) is 9.59 Å². The molecule has 7 nitrogen and oxygen atoms in total. The van der Waals surface area contributed by atoms with Gasteiger partial charge in [-0.15, -0.1) is 0 Å². The Morgan fingerprint density at radius 3 is 2.36 bits per heavy atom. The zero-order valence-electron chi connectivity index (χ0n) is 16.1. The number of carbonyl (C=O) groups is 3. The van der Waals surface area contributed by atoms with Gasteiger partial charge in [-0.3, -0.25) is 14.4 Å². The summed E-state index contributed by atoms with van der Waals surface area (Å²) in [5.74, 6) is -1.57. The number of Topliss-reactive ketones (excluding diaryl/α,β-unsaturated/α-hetero) is 2. The number of aliphatic carboxylic acids is 1. The third-order valence-corrected chi connectivity index (χ3v) is 3.88. The number of nitrogens with zero attached hydrogens (tertiary/aromatic N) is 2. The van der Waals surface area contributed by atoms with Crippen LogP contribution in [0, 0.1) is 10.3 Å². The summed E-state index contributed by atoms with van der Waals surface area (Å²) < 4.78 is 0.539. The first-order valence-electron chi connectivity index (χ1n) is 8.86. The van der Waals surface area contributed by atoms with Crippen LogP contribution in [0.15, 0.2) is 58.7 Å². The monoisotopic (exact) mass is 383 g/mol. The molecule has 1 aliphatic heterocycles. The molecular weight excluding hydrogens is 360 g/mol. The molecule has 1 aromatic carbocycles. The fraction of sp³-hybridized carbons (Fsp3) is 0.333. The Labute approximate surface area is 163 Å². The minimum absolute atomic E-state index is 0.0189. The van der Waals surface area contributed by atoms with E-state index < -0.39 is 11.8 Å². The first-order chi connectivity index (χ1) is 13.1. The lowest BCUT2D eigenvalue weighted by atomic mass is 9.93. The van der Waals surface area contributed by atoms with Gasteiger partial charge in [-0.2, -0.15) is 0 Å². The lowest BCUT2D eigenvalue weighted by Gasteiger charge is -2.13. The largest absolute Gasteiger partial charge is 0.481 e. The number of carboxylic acids is 1. The predicted octanol–water partition coefficient (Wildman–Crippen LogP) is 3.35. The van der Waals surface area contributed by atoms with Crippen LogP contribution in [0.1, 0.15) is 44.0 Å². The van der Waals surface area contributed by atoms with Gasteiger partial charge in [0.25, 0.3) is 5.78 Å². The number of hydrogen-bond acceptors (Lipinski definition) is 5. The molecule has 0 spiro atoms. The van der Waals surface area contributed by atoms with E-state index in [1.165, 1.54) is 0 Å². The van der Waals surface area contributed by atoms with Crippen molar-refractivity contribution in [3.8, 4) is 0 Å². The van der Waals surface area contributed by atoms with Crippen LogP contribution in [0.4, 0.5) is 0 Å². The molecule has 1 N–H and O–H groups in total. The Morgan fingerprint density at radius 2 is 1.82 bits per heavy atom. The second-order valence-electron chi connectivity index (χ2n) is 7.70. The molecule has 0 fully saturated rings. The van der Waals surface area contributed by atoms with Crippen LogP contribution in [0.25, 0.3) is 0 Å². The zero-order chi connectivity index (χ0) is 20.9. The molecule has 146 valence electrons. The highest BCUT2D eigenvalue weighted by molar-refractivity contribution is 6.42. The van der Waals surface area contributed by atoms with Crippen LogP contribution in [0.2, 0.25) is 0 Å².